The monoisotopic (exact) mass is 363 g/mol. The molecule has 0 aromatic heterocycles. The summed E-state index contributed by atoms with van der Waals surface area (Å²) in [7, 11) is 0. The van der Waals surface area contributed by atoms with Crippen LogP contribution in [0.4, 0.5) is 8.78 Å². The highest BCUT2D eigenvalue weighted by Gasteiger charge is 2.18. The van der Waals surface area contributed by atoms with Gasteiger partial charge in [0.1, 0.15) is 19.0 Å². The number of ether oxygens (including phenoxy) is 3. The van der Waals surface area contributed by atoms with Crippen LogP contribution in [0.25, 0.3) is 0 Å². The van der Waals surface area contributed by atoms with Crippen LogP contribution in [0.5, 0.6) is 17.2 Å². The Morgan fingerprint density at radius 3 is 2.65 bits per heavy atom. The average Bonchev–Trinajstić information content (AvgIpc) is 2.65. The van der Waals surface area contributed by atoms with Gasteiger partial charge in [-0.25, -0.2) is 8.78 Å². The second-order valence-corrected chi connectivity index (χ2v) is 5.79. The van der Waals surface area contributed by atoms with E-state index in [0.29, 0.717) is 37.2 Å². The van der Waals surface area contributed by atoms with Crippen LogP contribution < -0.4 is 19.5 Å². The van der Waals surface area contributed by atoms with Crippen molar-refractivity contribution in [2.45, 2.75) is 19.4 Å². The van der Waals surface area contributed by atoms with Gasteiger partial charge in [0.05, 0.1) is 6.04 Å². The normalized spacial score (nSPS) is 13.8. The summed E-state index contributed by atoms with van der Waals surface area (Å²) in [5.74, 6) is -0.813. The minimum absolute atomic E-state index is 0.172. The molecule has 1 N–H and O–H groups in total. The van der Waals surface area contributed by atoms with Crippen molar-refractivity contribution in [1.82, 2.24) is 5.32 Å². The Morgan fingerprint density at radius 2 is 1.92 bits per heavy atom. The van der Waals surface area contributed by atoms with Crippen molar-refractivity contribution in [2.24, 2.45) is 0 Å². The first-order valence-corrected chi connectivity index (χ1v) is 8.33. The molecule has 1 atom stereocenters. The summed E-state index contributed by atoms with van der Waals surface area (Å²) in [4.78, 5) is 12.1. The van der Waals surface area contributed by atoms with E-state index in [0.717, 1.165) is 17.7 Å². The summed E-state index contributed by atoms with van der Waals surface area (Å²) < 4.78 is 42.6. The minimum Gasteiger partial charge on any atom is -0.486 e. The molecule has 0 spiro atoms. The molecular weight excluding hydrogens is 344 g/mol. The van der Waals surface area contributed by atoms with Crippen molar-refractivity contribution in [3.05, 3.63) is 53.6 Å². The van der Waals surface area contributed by atoms with E-state index in [1.807, 2.05) is 25.1 Å². The van der Waals surface area contributed by atoms with Crippen LogP contribution in [-0.4, -0.2) is 25.7 Å². The molecule has 0 bridgehead atoms. The van der Waals surface area contributed by atoms with Crippen molar-refractivity contribution in [2.75, 3.05) is 19.8 Å². The Labute approximate surface area is 149 Å². The van der Waals surface area contributed by atoms with Crippen LogP contribution in [0.1, 0.15) is 24.9 Å². The molecule has 138 valence electrons. The predicted octanol–water partition coefficient (Wildman–Crippen LogP) is 3.38. The molecule has 1 heterocycles. The number of rotatable bonds is 6. The fourth-order valence-corrected chi connectivity index (χ4v) is 2.67. The van der Waals surface area contributed by atoms with Crippen molar-refractivity contribution in [3.8, 4) is 17.2 Å². The number of nitrogens with one attached hydrogen (secondary N) is 1. The fraction of sp³-hybridized carbons (Fsp3) is 0.316. The van der Waals surface area contributed by atoms with Gasteiger partial charge in [-0.05, 0) is 36.2 Å². The summed E-state index contributed by atoms with van der Waals surface area (Å²) in [6.07, 6.45) is 0.649. The molecule has 7 heteroatoms. The molecule has 1 aliphatic rings. The molecule has 1 unspecified atom stereocenters. The molecule has 2 aromatic rings. The molecule has 5 nitrogen and oxygen atoms in total. The first kappa shape index (κ1) is 18.0. The third kappa shape index (κ3) is 4.22. The first-order chi connectivity index (χ1) is 12.6. The van der Waals surface area contributed by atoms with Crippen LogP contribution in [0, 0.1) is 11.6 Å². The van der Waals surface area contributed by atoms with Crippen LogP contribution in [0.3, 0.4) is 0 Å². The van der Waals surface area contributed by atoms with Crippen molar-refractivity contribution in [1.29, 1.82) is 0 Å². The lowest BCUT2D eigenvalue weighted by molar-refractivity contribution is -0.123. The molecule has 0 fully saturated rings. The zero-order valence-corrected chi connectivity index (χ0v) is 14.3. The van der Waals surface area contributed by atoms with E-state index in [9.17, 15) is 13.6 Å². The lowest BCUT2D eigenvalue weighted by Crippen LogP contribution is -2.32. The highest BCUT2D eigenvalue weighted by Crippen LogP contribution is 2.33. The molecule has 1 amide bonds. The largest absolute Gasteiger partial charge is 0.486 e. The van der Waals surface area contributed by atoms with Gasteiger partial charge in [-0.2, -0.15) is 0 Å². The third-order valence-corrected chi connectivity index (χ3v) is 3.96. The van der Waals surface area contributed by atoms with Crippen LogP contribution in [0.15, 0.2) is 36.4 Å². The lowest BCUT2D eigenvalue weighted by atomic mass is 10.0. The van der Waals surface area contributed by atoms with E-state index in [1.54, 1.807) is 0 Å². The van der Waals surface area contributed by atoms with E-state index in [2.05, 4.69) is 5.32 Å². The van der Waals surface area contributed by atoms with Crippen molar-refractivity contribution < 1.29 is 27.8 Å². The van der Waals surface area contributed by atoms with E-state index in [-0.39, 0.29) is 18.4 Å². The number of fused-ring (bicyclic) bond motifs is 1. The highest BCUT2D eigenvalue weighted by molar-refractivity contribution is 5.78. The second kappa shape index (κ2) is 8.03. The Morgan fingerprint density at radius 1 is 1.15 bits per heavy atom. The predicted molar refractivity (Wildman–Crippen MR) is 90.5 cm³/mol. The Balaban J connectivity index is 1.61. The SMILES string of the molecule is CCC(NC(=O)COc1ccc(F)cc1F)c1ccc2c(c1)OCCO2. The number of carbonyl (C=O) groups excluding carboxylic acids is 1. The van der Waals surface area contributed by atoms with Gasteiger partial charge in [0.2, 0.25) is 0 Å². The number of hydrogen-bond acceptors (Lipinski definition) is 4. The Kier molecular flexibility index (Phi) is 5.55. The summed E-state index contributed by atoms with van der Waals surface area (Å²) in [5, 5.41) is 2.83. The Bertz CT molecular complexity index is 797. The maximum atomic E-state index is 13.5. The van der Waals surface area contributed by atoms with Crippen molar-refractivity contribution >= 4 is 5.91 Å². The molecule has 0 radical (unpaired) electrons. The van der Waals surface area contributed by atoms with Crippen LogP contribution in [-0.2, 0) is 4.79 Å². The lowest BCUT2D eigenvalue weighted by Gasteiger charge is -2.22. The van der Waals surface area contributed by atoms with E-state index >= 15 is 0 Å². The topological polar surface area (TPSA) is 56.8 Å². The zero-order chi connectivity index (χ0) is 18.5. The smallest absolute Gasteiger partial charge is 0.258 e. The zero-order valence-electron chi connectivity index (χ0n) is 14.3. The molecule has 2 aromatic carbocycles. The van der Waals surface area contributed by atoms with Crippen LogP contribution in [0.2, 0.25) is 0 Å². The maximum absolute atomic E-state index is 13.5. The van der Waals surface area contributed by atoms with Crippen LogP contribution >= 0.6 is 0 Å². The van der Waals surface area contributed by atoms with Gasteiger partial charge >= 0.3 is 0 Å². The molecule has 1 aliphatic heterocycles. The number of carbonyl (C=O) groups is 1. The number of benzene rings is 2. The molecule has 26 heavy (non-hydrogen) atoms. The van der Waals surface area contributed by atoms with Gasteiger partial charge in [-0.1, -0.05) is 13.0 Å². The van der Waals surface area contributed by atoms with E-state index < -0.39 is 17.5 Å². The number of hydrogen-bond donors (Lipinski definition) is 1. The molecule has 3 rings (SSSR count). The quantitative estimate of drug-likeness (QED) is 0.855. The van der Waals surface area contributed by atoms with Gasteiger partial charge in [0.25, 0.3) is 5.91 Å². The van der Waals surface area contributed by atoms with Crippen molar-refractivity contribution in [3.63, 3.8) is 0 Å². The third-order valence-electron chi connectivity index (χ3n) is 3.96. The van der Waals surface area contributed by atoms with Gasteiger partial charge in [-0.3, -0.25) is 4.79 Å². The van der Waals surface area contributed by atoms with Gasteiger partial charge < -0.3 is 19.5 Å². The maximum Gasteiger partial charge on any atom is 0.258 e. The van der Waals surface area contributed by atoms with Gasteiger partial charge in [-0.15, -0.1) is 0 Å². The molecule has 0 saturated carbocycles. The summed E-state index contributed by atoms with van der Waals surface area (Å²) >= 11 is 0. The minimum atomic E-state index is -0.850. The second-order valence-electron chi connectivity index (χ2n) is 5.79. The molecule has 0 aliphatic carbocycles. The standard InChI is InChI=1S/C19H19F2NO4/c1-2-15(12-3-5-17-18(9-12)25-8-7-24-17)22-19(23)11-26-16-6-4-13(20)10-14(16)21/h3-6,9-10,15H,2,7-8,11H2,1H3,(H,22,23). The fourth-order valence-electron chi connectivity index (χ4n) is 2.67. The van der Waals surface area contributed by atoms with Gasteiger partial charge in [0, 0.05) is 6.07 Å². The summed E-state index contributed by atoms with van der Waals surface area (Å²) in [5.41, 5.74) is 0.873. The van der Waals surface area contributed by atoms with E-state index in [1.165, 1.54) is 0 Å². The summed E-state index contributed by atoms with van der Waals surface area (Å²) in [6.45, 7) is 2.56. The van der Waals surface area contributed by atoms with E-state index in [4.69, 9.17) is 14.2 Å². The number of amides is 1. The first-order valence-electron chi connectivity index (χ1n) is 8.33. The Hall–Kier alpha value is -2.83. The average molecular weight is 363 g/mol. The number of halogens is 2. The van der Waals surface area contributed by atoms with Gasteiger partial charge in [0.15, 0.2) is 29.7 Å². The highest BCUT2D eigenvalue weighted by atomic mass is 19.1. The molecular formula is C19H19F2NO4. The summed E-state index contributed by atoms with van der Waals surface area (Å²) in [6, 6.07) is 8.18. The molecule has 0 saturated heterocycles.